The molecule has 0 amide bonds. The summed E-state index contributed by atoms with van der Waals surface area (Å²) in [5, 5.41) is 0. The molecule has 1 aliphatic rings. The Kier molecular flexibility index (Phi) is 24.8. The summed E-state index contributed by atoms with van der Waals surface area (Å²) in [6, 6.07) is 103. The van der Waals surface area contributed by atoms with Crippen LogP contribution < -0.4 is 7.05 Å². The van der Waals surface area contributed by atoms with E-state index in [0.717, 1.165) is 0 Å². The van der Waals surface area contributed by atoms with Crippen molar-refractivity contribution in [2.45, 2.75) is 202 Å². The zero-order chi connectivity index (χ0) is 70.8. The van der Waals surface area contributed by atoms with E-state index in [-0.39, 0.29) is 23.7 Å². The van der Waals surface area contributed by atoms with Crippen LogP contribution in [0.25, 0.3) is 0 Å². The van der Waals surface area contributed by atoms with Crippen LogP contribution in [-0.2, 0) is 0 Å². The van der Waals surface area contributed by atoms with Crippen molar-refractivity contribution in [2.75, 3.05) is 7.05 Å². The molecule has 100 heavy (non-hydrogen) atoms. The summed E-state index contributed by atoms with van der Waals surface area (Å²) in [6.07, 6.45) is 8.10. The molecule has 0 aliphatic heterocycles. The summed E-state index contributed by atoms with van der Waals surface area (Å²) in [5.74, 6) is 0.684. The predicted molar refractivity (Wildman–Crippen MR) is 441 cm³/mol. The normalized spacial score (nSPS) is 14.6. The van der Waals surface area contributed by atoms with E-state index < -0.39 is 47.8 Å². The second-order valence-corrected chi connectivity index (χ2v) is 50.6. The monoisotopic (exact) mass is 1470 g/mol. The van der Waals surface area contributed by atoms with Gasteiger partial charge >= 0.3 is 625 Å². The van der Waals surface area contributed by atoms with Crippen LogP contribution in [0.2, 0.25) is 42.7 Å². The molecule has 0 spiro atoms. The molecule has 11 rings (SSSR count). The number of benzene rings is 10. The van der Waals surface area contributed by atoms with Gasteiger partial charge in [0.05, 0.1) is 0 Å². The predicted octanol–water partition coefficient (Wildman–Crippen LogP) is 26.5. The van der Waals surface area contributed by atoms with Crippen molar-refractivity contribution in [3.63, 3.8) is 0 Å². The Bertz CT molecular complexity index is 3510. The quantitative estimate of drug-likeness (QED) is 0.0274. The first-order valence-corrected chi connectivity index (χ1v) is 46.5. The first-order valence-electron chi connectivity index (χ1n) is 37.8. The Morgan fingerprint density at radius 1 is 0.250 bits per heavy atom. The molecule has 2 atom stereocenters. The van der Waals surface area contributed by atoms with Crippen LogP contribution >= 0.6 is 0 Å². The number of hydrogen-bond donors (Lipinski definition) is 0. The fourth-order valence-electron chi connectivity index (χ4n) is 18.5. The molecule has 0 fully saturated rings. The summed E-state index contributed by atoms with van der Waals surface area (Å²) in [4.78, 5) is 0. The van der Waals surface area contributed by atoms with Gasteiger partial charge < -0.3 is 0 Å². The van der Waals surface area contributed by atoms with Crippen molar-refractivity contribution < 1.29 is 0 Å². The maximum atomic E-state index is 3.36. The van der Waals surface area contributed by atoms with Gasteiger partial charge in [0, 0.05) is 0 Å². The minimum absolute atomic E-state index is 0.0143. The van der Waals surface area contributed by atoms with E-state index in [1.165, 1.54) is 102 Å². The van der Waals surface area contributed by atoms with E-state index in [9.17, 15) is 0 Å². The third-order valence-electron chi connectivity index (χ3n) is 22.7. The van der Waals surface area contributed by atoms with Gasteiger partial charge in [-0.1, -0.05) is 0 Å². The molecule has 0 bridgehead atoms. The van der Waals surface area contributed by atoms with Crippen LogP contribution in [0.1, 0.15) is 237 Å². The van der Waals surface area contributed by atoms with E-state index in [1.54, 1.807) is 0 Å². The Labute approximate surface area is 620 Å². The van der Waals surface area contributed by atoms with Crippen LogP contribution in [0.4, 0.5) is 11.4 Å². The molecule has 0 N–H and O–H groups in total. The fourth-order valence-corrected chi connectivity index (χ4v) is 50.7. The molecule has 10 aromatic carbocycles. The number of nitrogens with zero attached hydrogens (tertiary/aromatic N) is 2. The molecular formula is C94H112Ge2N2Si2. The summed E-state index contributed by atoms with van der Waals surface area (Å²) in [7, 11) is -5.07. The molecule has 2 nitrogen and oxygen atoms in total. The first-order chi connectivity index (χ1) is 48.3. The number of rotatable bonds is 28. The van der Waals surface area contributed by atoms with Crippen molar-refractivity contribution in [1.29, 1.82) is 0 Å². The van der Waals surface area contributed by atoms with E-state index >= 15 is 0 Å². The van der Waals surface area contributed by atoms with Crippen molar-refractivity contribution in [3.05, 3.63) is 357 Å². The second kappa shape index (κ2) is 33.5. The van der Waals surface area contributed by atoms with Crippen molar-refractivity contribution in [3.8, 4) is 0 Å². The number of hydrogen-bond acceptors (Lipinski definition) is 2. The van der Waals surface area contributed by atoms with E-state index in [0.29, 0.717) is 54.6 Å². The maximum absolute atomic E-state index is 3.36. The fraction of sp³-hybridized carbons (Fsp3) is 0.340. The second-order valence-electron chi connectivity index (χ2n) is 31.2. The number of allylic oxidation sites excluding steroid dienone is 2. The van der Waals surface area contributed by atoms with Crippen molar-refractivity contribution in [2.24, 2.45) is 0 Å². The van der Waals surface area contributed by atoms with Gasteiger partial charge in [-0.05, 0) is 0 Å². The Morgan fingerprint density at radius 3 is 0.560 bits per heavy atom. The zero-order valence-corrected chi connectivity index (χ0v) is 69.1. The zero-order valence-electron chi connectivity index (χ0n) is 62.9. The summed E-state index contributed by atoms with van der Waals surface area (Å²) in [6.45, 7) is 41.2. The van der Waals surface area contributed by atoms with E-state index in [2.05, 4.69) is 397 Å². The van der Waals surface area contributed by atoms with Gasteiger partial charge in [-0.15, -0.1) is 0 Å². The molecule has 0 aromatic heterocycles. The molecule has 0 unspecified atom stereocenters. The molecule has 514 valence electrons. The van der Waals surface area contributed by atoms with Crippen LogP contribution in [0, 0.1) is 0 Å². The molecule has 0 heterocycles. The third kappa shape index (κ3) is 15.4. The Hall–Kier alpha value is -6.94. The molecule has 10 aromatic rings. The summed E-state index contributed by atoms with van der Waals surface area (Å²) >= 11 is -1.83. The average Bonchev–Trinajstić information content (AvgIpc) is 0.730. The van der Waals surface area contributed by atoms with Gasteiger partial charge in [0.1, 0.15) is 0 Å². The van der Waals surface area contributed by atoms with Crippen LogP contribution in [0.5, 0.6) is 0 Å². The van der Waals surface area contributed by atoms with Crippen LogP contribution in [0.3, 0.4) is 0 Å². The molecule has 4 radical (unpaired) electrons. The van der Waals surface area contributed by atoms with Gasteiger partial charge in [-0.2, -0.15) is 0 Å². The van der Waals surface area contributed by atoms with Crippen molar-refractivity contribution in [1.82, 2.24) is 0 Å². The average molecular weight is 1470 g/mol. The van der Waals surface area contributed by atoms with Crippen LogP contribution in [0.15, 0.2) is 279 Å². The SMILES string of the molecule is CC(C)c1cc(C(c2ccccc2)c2ccccc2)c([N]([Ge][C@@H]2C=C[C@H]([Ge][N](c3c(C(c4ccccc4)c4ccccc4)cc(C(C)C)cc3C(c3ccccc3)c3ccccc3)[Si](C(C)C)(C(C)C)C(C)C)CC2)[Si](C(C)C)(C(C)C)C(C)C)c(C(c2ccccc2)c2ccccc2)c1. The molecule has 6 heteroatoms. The standard InChI is InChI=1S/C94H112Ge2N2Si2/c1-65(2)81-61-85(89(73-41-25-17-26-42-73)74-43-27-18-28-44-74)93(86(62-81)90(75-45-29-19-30-46-75)76-47-31-20-32-48-76)97(99(67(5)6,68(7)8)69(9)10)95-83-57-59-84(60-58-83)96-98(100(70(11)12,71(13)14)72(15)16)94-87(91(77-49-33-21-34-50-77)78-51-35-22-36-52-78)63-82(66(3)4)64-88(94)92(79-53-37-23-38-54-79)80-55-39-24-40-56-80/h17-57,59,61-72,83-84,89-92H,58,60H2,1-16H3/t83-,84+. The first kappa shape index (κ1) is 74.3. The molecular weight excluding hydrogens is 1360 g/mol. The number of anilines is 2. The van der Waals surface area contributed by atoms with Gasteiger partial charge in [-0.25, -0.2) is 0 Å². The van der Waals surface area contributed by atoms with Gasteiger partial charge in [0.2, 0.25) is 0 Å². The molecule has 1 aliphatic carbocycles. The van der Waals surface area contributed by atoms with Gasteiger partial charge in [0.15, 0.2) is 0 Å². The molecule has 0 saturated carbocycles. The van der Waals surface area contributed by atoms with Gasteiger partial charge in [-0.3, -0.25) is 0 Å². The third-order valence-corrected chi connectivity index (χ3v) is 47.5. The summed E-state index contributed by atoms with van der Waals surface area (Å²) < 4.78 is 7.65. The topological polar surface area (TPSA) is 6.48 Å². The van der Waals surface area contributed by atoms with Gasteiger partial charge in [0.25, 0.3) is 0 Å². The van der Waals surface area contributed by atoms with Crippen LogP contribution in [-0.4, -0.2) is 47.8 Å². The Morgan fingerprint density at radius 2 is 0.420 bits per heavy atom. The Balaban J connectivity index is 1.17. The summed E-state index contributed by atoms with van der Waals surface area (Å²) in [5.41, 5.74) is 25.5. The minimum atomic E-state index is -2.53. The van der Waals surface area contributed by atoms with E-state index in [1.807, 2.05) is 0 Å². The van der Waals surface area contributed by atoms with Crippen molar-refractivity contribution >= 4 is 59.2 Å². The van der Waals surface area contributed by atoms with E-state index in [4.69, 9.17) is 0 Å². The molecule has 0 saturated heterocycles.